The molecule has 0 aromatic heterocycles. The molecule has 0 aliphatic carbocycles. The molecule has 0 atom stereocenters. The Balaban J connectivity index is 2.47. The zero-order valence-corrected chi connectivity index (χ0v) is 9.87. The third-order valence-corrected chi connectivity index (χ3v) is 1.94. The van der Waals surface area contributed by atoms with E-state index in [1.54, 1.807) is 24.3 Å². The molecule has 16 heavy (non-hydrogen) atoms. The monoisotopic (exact) mass is 260 g/mol. The molecule has 1 aromatic carbocycles. The topological polar surface area (TPSA) is 35.5 Å². The summed E-state index contributed by atoms with van der Waals surface area (Å²) in [4.78, 5) is 10.9. The zero-order valence-electron chi connectivity index (χ0n) is 8.36. The van der Waals surface area contributed by atoms with Gasteiger partial charge in [0.05, 0.1) is 0 Å². The second-order valence-corrected chi connectivity index (χ2v) is 4.28. The van der Waals surface area contributed by atoms with E-state index in [0.29, 0.717) is 5.75 Å². The van der Waals surface area contributed by atoms with Crippen LogP contribution in [0.1, 0.15) is 0 Å². The molecule has 1 rings (SSSR count). The molecule has 5 heteroatoms. The molecule has 0 saturated carbocycles. The summed E-state index contributed by atoms with van der Waals surface area (Å²) in [5.74, 6) is -0.121. The van der Waals surface area contributed by atoms with Crippen LogP contribution >= 0.6 is 23.2 Å². The van der Waals surface area contributed by atoms with Gasteiger partial charge in [-0.25, -0.2) is 4.79 Å². The minimum absolute atomic E-state index is 0.167. The summed E-state index contributed by atoms with van der Waals surface area (Å²) in [5, 5.41) is 0. The normalized spacial score (nSPS) is 10.6. The maximum atomic E-state index is 10.9. The summed E-state index contributed by atoms with van der Waals surface area (Å²) >= 11 is 11.4. The molecule has 0 N–H and O–H groups in total. The fourth-order valence-corrected chi connectivity index (χ4v) is 1.16. The van der Waals surface area contributed by atoms with Crippen molar-refractivity contribution in [1.29, 1.82) is 0 Å². The first-order valence-electron chi connectivity index (χ1n) is 4.44. The van der Waals surface area contributed by atoms with Gasteiger partial charge in [0.25, 0.3) is 4.52 Å². The zero-order chi connectivity index (χ0) is 12.0. The van der Waals surface area contributed by atoms with Crippen LogP contribution in [0, 0.1) is 0 Å². The number of ether oxygens (including phenoxy) is 2. The summed E-state index contributed by atoms with van der Waals surface area (Å²) in [5.41, 5.74) is 0. The number of halogens is 2. The summed E-state index contributed by atoms with van der Waals surface area (Å²) in [6.45, 7) is 3.06. The lowest BCUT2D eigenvalue weighted by Gasteiger charge is -2.19. The maximum Gasteiger partial charge on any atom is 0.332 e. The van der Waals surface area contributed by atoms with E-state index in [1.165, 1.54) is 0 Å². The van der Waals surface area contributed by atoms with Crippen LogP contribution in [0.3, 0.4) is 0 Å². The van der Waals surface area contributed by atoms with Crippen LogP contribution in [0.25, 0.3) is 0 Å². The van der Waals surface area contributed by atoms with Crippen molar-refractivity contribution in [1.82, 2.24) is 0 Å². The molecule has 0 unspecified atom stereocenters. The van der Waals surface area contributed by atoms with E-state index in [0.717, 1.165) is 6.08 Å². The molecule has 0 heterocycles. The minimum Gasteiger partial charge on any atom is -0.487 e. The predicted octanol–water partition coefficient (Wildman–Crippen LogP) is 2.93. The van der Waals surface area contributed by atoms with Gasteiger partial charge >= 0.3 is 5.97 Å². The van der Waals surface area contributed by atoms with Crippen molar-refractivity contribution in [2.24, 2.45) is 0 Å². The van der Waals surface area contributed by atoms with Gasteiger partial charge < -0.3 is 9.47 Å². The Morgan fingerprint density at radius 1 is 1.38 bits per heavy atom. The quantitative estimate of drug-likeness (QED) is 0.464. The van der Waals surface area contributed by atoms with Crippen LogP contribution in [0.4, 0.5) is 0 Å². The molecule has 0 radical (unpaired) electrons. The van der Waals surface area contributed by atoms with Crippen LogP contribution in [0.15, 0.2) is 43.0 Å². The van der Waals surface area contributed by atoms with E-state index < -0.39 is 10.5 Å². The van der Waals surface area contributed by atoms with Crippen molar-refractivity contribution >= 4 is 29.2 Å². The first kappa shape index (κ1) is 12.9. The number of rotatable bonds is 5. The molecule has 0 spiro atoms. The summed E-state index contributed by atoms with van der Waals surface area (Å²) in [7, 11) is 0. The van der Waals surface area contributed by atoms with E-state index in [-0.39, 0.29) is 6.61 Å². The first-order valence-corrected chi connectivity index (χ1v) is 5.20. The van der Waals surface area contributed by atoms with Crippen LogP contribution in [-0.2, 0) is 9.53 Å². The number of hydrogen-bond donors (Lipinski definition) is 0. The number of carbonyl (C=O) groups excluding carboxylic acids is 1. The standard InChI is InChI=1S/C11H10Cl2O3/c1-2-10(14)16-11(12,13)8-15-9-6-4-3-5-7-9/h2-7H,1,8H2. The predicted molar refractivity (Wildman–Crippen MR) is 62.7 cm³/mol. The fourth-order valence-electron chi connectivity index (χ4n) is 0.902. The third-order valence-electron chi connectivity index (χ3n) is 1.57. The van der Waals surface area contributed by atoms with Crippen LogP contribution in [0.2, 0.25) is 0 Å². The lowest BCUT2D eigenvalue weighted by Crippen LogP contribution is -2.29. The van der Waals surface area contributed by atoms with E-state index in [4.69, 9.17) is 27.9 Å². The third kappa shape index (κ3) is 4.55. The summed E-state index contributed by atoms with van der Waals surface area (Å²) < 4.78 is 8.18. The molecule has 1 aromatic rings. The maximum absolute atomic E-state index is 10.9. The van der Waals surface area contributed by atoms with Gasteiger partial charge in [-0.15, -0.1) is 0 Å². The fraction of sp³-hybridized carbons (Fsp3) is 0.182. The van der Waals surface area contributed by atoms with Gasteiger partial charge in [0.2, 0.25) is 0 Å². The first-order chi connectivity index (χ1) is 7.53. The van der Waals surface area contributed by atoms with Crippen LogP contribution in [0.5, 0.6) is 5.75 Å². The largest absolute Gasteiger partial charge is 0.487 e. The average Bonchev–Trinajstić information content (AvgIpc) is 2.27. The number of hydrogen-bond acceptors (Lipinski definition) is 3. The number of para-hydroxylation sites is 1. The van der Waals surface area contributed by atoms with E-state index in [2.05, 4.69) is 11.3 Å². The highest BCUT2D eigenvalue weighted by molar-refractivity contribution is 6.47. The molecule has 0 saturated heterocycles. The van der Waals surface area contributed by atoms with Crippen LogP contribution in [-0.4, -0.2) is 17.1 Å². The molecule has 0 amide bonds. The molecule has 3 nitrogen and oxygen atoms in total. The number of benzene rings is 1. The number of esters is 1. The second-order valence-electron chi connectivity index (χ2n) is 2.86. The second kappa shape index (κ2) is 5.77. The average molecular weight is 261 g/mol. The highest BCUT2D eigenvalue weighted by Crippen LogP contribution is 2.24. The van der Waals surface area contributed by atoms with Gasteiger partial charge in [0.15, 0.2) is 6.61 Å². The van der Waals surface area contributed by atoms with Gasteiger partial charge in [0.1, 0.15) is 5.75 Å². The summed E-state index contributed by atoms with van der Waals surface area (Å²) in [6.07, 6.45) is 0.974. The van der Waals surface area contributed by atoms with Crippen molar-refractivity contribution < 1.29 is 14.3 Å². The Morgan fingerprint density at radius 2 is 2.00 bits per heavy atom. The molecule has 0 aliphatic rings. The highest BCUT2D eigenvalue weighted by atomic mass is 35.5. The van der Waals surface area contributed by atoms with Crippen molar-refractivity contribution in [3.05, 3.63) is 43.0 Å². The molecule has 0 aliphatic heterocycles. The molecule has 0 bridgehead atoms. The van der Waals surface area contributed by atoms with Gasteiger partial charge in [-0.05, 0) is 12.1 Å². The van der Waals surface area contributed by atoms with E-state index in [1.807, 2.05) is 6.07 Å². The van der Waals surface area contributed by atoms with Crippen LogP contribution < -0.4 is 4.74 Å². The Hall–Kier alpha value is -1.19. The van der Waals surface area contributed by atoms with Gasteiger partial charge in [-0.3, -0.25) is 0 Å². The SMILES string of the molecule is C=CC(=O)OC(Cl)(Cl)COc1ccccc1. The lowest BCUT2D eigenvalue weighted by molar-refractivity contribution is -0.142. The molecular weight excluding hydrogens is 251 g/mol. The minimum atomic E-state index is -1.72. The Morgan fingerprint density at radius 3 is 2.56 bits per heavy atom. The Kier molecular flexibility index (Phi) is 4.65. The molecular formula is C11H10Cl2O3. The van der Waals surface area contributed by atoms with Crippen molar-refractivity contribution in [2.45, 2.75) is 4.52 Å². The van der Waals surface area contributed by atoms with E-state index >= 15 is 0 Å². The van der Waals surface area contributed by atoms with Crippen molar-refractivity contribution in [3.63, 3.8) is 0 Å². The van der Waals surface area contributed by atoms with Gasteiger partial charge in [-0.1, -0.05) is 48.0 Å². The van der Waals surface area contributed by atoms with E-state index in [9.17, 15) is 4.79 Å². The van der Waals surface area contributed by atoms with Gasteiger partial charge in [-0.2, -0.15) is 0 Å². The molecule has 86 valence electrons. The lowest BCUT2D eigenvalue weighted by atomic mass is 10.3. The highest BCUT2D eigenvalue weighted by Gasteiger charge is 2.29. The number of alkyl halides is 2. The molecule has 0 fully saturated rings. The Labute approximate surface area is 104 Å². The number of carbonyl (C=O) groups is 1. The Bertz CT molecular complexity index is 363. The van der Waals surface area contributed by atoms with Crippen molar-refractivity contribution in [3.8, 4) is 5.75 Å². The van der Waals surface area contributed by atoms with Gasteiger partial charge in [0, 0.05) is 6.08 Å². The smallest absolute Gasteiger partial charge is 0.332 e. The van der Waals surface area contributed by atoms with Crippen molar-refractivity contribution in [2.75, 3.05) is 6.61 Å². The summed E-state index contributed by atoms with van der Waals surface area (Å²) in [6, 6.07) is 8.92.